The molecule has 0 unspecified atom stereocenters. The lowest BCUT2D eigenvalue weighted by atomic mass is 10.1. The number of hydrogen-bond donors (Lipinski definition) is 1. The number of rotatable bonds is 2. The maximum absolute atomic E-state index is 11.4. The second-order valence-electron chi connectivity index (χ2n) is 3.80. The summed E-state index contributed by atoms with van der Waals surface area (Å²) in [5, 5.41) is 0.723. The van der Waals surface area contributed by atoms with Crippen LogP contribution in [0.4, 0.5) is 0 Å². The number of pyridine rings is 1. The van der Waals surface area contributed by atoms with Gasteiger partial charge in [0.2, 0.25) is 0 Å². The summed E-state index contributed by atoms with van der Waals surface area (Å²) in [7, 11) is 0. The summed E-state index contributed by atoms with van der Waals surface area (Å²) in [5.74, 6) is 0. The van der Waals surface area contributed by atoms with E-state index in [4.69, 9.17) is 11.6 Å². The third kappa shape index (κ3) is 2.52. The van der Waals surface area contributed by atoms with Crippen molar-refractivity contribution in [2.24, 2.45) is 0 Å². The third-order valence-corrected chi connectivity index (χ3v) is 2.73. The molecule has 1 aromatic heterocycles. The average Bonchev–Trinajstić information content (AvgIpc) is 2.27. The zero-order valence-corrected chi connectivity index (χ0v) is 9.71. The fourth-order valence-electron chi connectivity index (χ4n) is 1.51. The van der Waals surface area contributed by atoms with Crippen LogP contribution in [0, 0.1) is 6.92 Å². The van der Waals surface area contributed by atoms with Crippen LogP contribution >= 0.6 is 11.6 Å². The molecule has 0 aliphatic rings. The van der Waals surface area contributed by atoms with Crippen LogP contribution in [0.25, 0.3) is 0 Å². The van der Waals surface area contributed by atoms with E-state index in [0.29, 0.717) is 6.42 Å². The van der Waals surface area contributed by atoms with Crippen LogP contribution in [0.2, 0.25) is 5.02 Å². The Kier molecular flexibility index (Phi) is 3.11. The minimum absolute atomic E-state index is 0.0218. The van der Waals surface area contributed by atoms with Gasteiger partial charge < -0.3 is 4.98 Å². The van der Waals surface area contributed by atoms with Gasteiger partial charge in [-0.25, -0.2) is 0 Å². The molecule has 1 heterocycles. The predicted octanol–water partition coefficient (Wildman–Crippen LogP) is 2.93. The summed E-state index contributed by atoms with van der Waals surface area (Å²) in [6, 6.07) is 11.4. The first-order valence-corrected chi connectivity index (χ1v) is 5.46. The molecule has 1 N–H and O–H groups in total. The molecule has 0 fully saturated rings. The van der Waals surface area contributed by atoms with E-state index in [1.165, 1.54) is 0 Å². The first-order valence-electron chi connectivity index (χ1n) is 5.08. The average molecular weight is 234 g/mol. The van der Waals surface area contributed by atoms with Crippen LogP contribution in [-0.2, 0) is 6.42 Å². The van der Waals surface area contributed by atoms with Crippen LogP contribution < -0.4 is 5.56 Å². The highest BCUT2D eigenvalue weighted by Gasteiger charge is 1.99. The topological polar surface area (TPSA) is 32.9 Å². The molecular formula is C13H12ClNO. The fraction of sp³-hybridized carbons (Fsp3) is 0.154. The molecule has 82 valence electrons. The first-order chi connectivity index (χ1) is 7.65. The van der Waals surface area contributed by atoms with Gasteiger partial charge in [0, 0.05) is 22.7 Å². The van der Waals surface area contributed by atoms with Crippen LogP contribution in [-0.4, -0.2) is 4.98 Å². The van der Waals surface area contributed by atoms with Crippen LogP contribution in [0.1, 0.15) is 16.8 Å². The quantitative estimate of drug-likeness (QED) is 0.850. The zero-order valence-electron chi connectivity index (χ0n) is 8.96. The van der Waals surface area contributed by atoms with E-state index in [9.17, 15) is 4.79 Å². The summed E-state index contributed by atoms with van der Waals surface area (Å²) in [6.07, 6.45) is 0.715. The largest absolute Gasteiger partial charge is 0.326 e. The van der Waals surface area contributed by atoms with Crippen LogP contribution in [0.3, 0.4) is 0 Å². The number of H-pyrrole nitrogens is 1. The number of aromatic nitrogens is 1. The molecule has 2 nitrogen and oxygen atoms in total. The fourth-order valence-corrected chi connectivity index (χ4v) is 1.64. The standard InChI is InChI=1S/C13H12ClNO/c1-9-2-7-12(15-13(9)16)8-10-3-5-11(14)6-4-10/h2-7H,8H2,1H3,(H,15,16). The van der Waals surface area contributed by atoms with E-state index in [0.717, 1.165) is 21.8 Å². The van der Waals surface area contributed by atoms with E-state index < -0.39 is 0 Å². The van der Waals surface area contributed by atoms with Crippen LogP contribution in [0.15, 0.2) is 41.2 Å². The van der Waals surface area contributed by atoms with Crippen molar-refractivity contribution < 1.29 is 0 Å². The van der Waals surface area contributed by atoms with E-state index in [2.05, 4.69) is 4.98 Å². The van der Waals surface area contributed by atoms with Crippen molar-refractivity contribution in [1.29, 1.82) is 0 Å². The third-order valence-electron chi connectivity index (χ3n) is 2.47. The molecule has 0 saturated heterocycles. The van der Waals surface area contributed by atoms with Gasteiger partial charge in [-0.3, -0.25) is 4.79 Å². The number of benzene rings is 1. The van der Waals surface area contributed by atoms with Crippen LogP contribution in [0.5, 0.6) is 0 Å². The molecule has 0 saturated carbocycles. The Morgan fingerprint density at radius 3 is 2.44 bits per heavy atom. The van der Waals surface area contributed by atoms with Gasteiger partial charge in [-0.05, 0) is 30.7 Å². The van der Waals surface area contributed by atoms with Crippen molar-refractivity contribution >= 4 is 11.6 Å². The predicted molar refractivity (Wildman–Crippen MR) is 66.1 cm³/mol. The molecule has 3 heteroatoms. The highest BCUT2D eigenvalue weighted by atomic mass is 35.5. The number of aryl methyl sites for hydroxylation is 1. The number of hydrogen-bond acceptors (Lipinski definition) is 1. The molecule has 0 aliphatic heterocycles. The van der Waals surface area contributed by atoms with Crippen molar-refractivity contribution in [3.8, 4) is 0 Å². The molecule has 1 aromatic carbocycles. The van der Waals surface area contributed by atoms with E-state index >= 15 is 0 Å². The summed E-state index contributed by atoms with van der Waals surface area (Å²) in [5.41, 5.74) is 2.76. The highest BCUT2D eigenvalue weighted by molar-refractivity contribution is 6.30. The molecular weight excluding hydrogens is 222 g/mol. The minimum atomic E-state index is -0.0218. The highest BCUT2D eigenvalue weighted by Crippen LogP contribution is 2.12. The zero-order chi connectivity index (χ0) is 11.5. The molecule has 16 heavy (non-hydrogen) atoms. The summed E-state index contributed by atoms with van der Waals surface area (Å²) in [4.78, 5) is 14.3. The SMILES string of the molecule is Cc1ccc(Cc2ccc(Cl)cc2)[nH]c1=O. The molecule has 0 amide bonds. The Labute approximate surface area is 98.9 Å². The number of nitrogens with one attached hydrogen (secondary N) is 1. The molecule has 0 spiro atoms. The normalized spacial score (nSPS) is 10.4. The summed E-state index contributed by atoms with van der Waals surface area (Å²) < 4.78 is 0. The molecule has 2 rings (SSSR count). The molecule has 0 atom stereocenters. The van der Waals surface area contributed by atoms with Crippen molar-refractivity contribution in [1.82, 2.24) is 4.98 Å². The Hall–Kier alpha value is -1.54. The van der Waals surface area contributed by atoms with E-state index in [1.807, 2.05) is 36.4 Å². The van der Waals surface area contributed by atoms with Crippen molar-refractivity contribution in [3.63, 3.8) is 0 Å². The number of halogens is 1. The van der Waals surface area contributed by atoms with Gasteiger partial charge in [0.1, 0.15) is 0 Å². The lowest BCUT2D eigenvalue weighted by Gasteiger charge is -2.02. The first kappa shape index (κ1) is 11.0. The Bertz CT molecular complexity index is 543. The molecule has 0 aliphatic carbocycles. The molecule has 0 radical (unpaired) electrons. The van der Waals surface area contributed by atoms with Gasteiger partial charge >= 0.3 is 0 Å². The van der Waals surface area contributed by atoms with Crippen molar-refractivity contribution in [2.45, 2.75) is 13.3 Å². The maximum Gasteiger partial charge on any atom is 0.251 e. The van der Waals surface area contributed by atoms with Crippen molar-refractivity contribution in [2.75, 3.05) is 0 Å². The Morgan fingerprint density at radius 1 is 1.12 bits per heavy atom. The Balaban J connectivity index is 2.24. The molecule has 0 bridgehead atoms. The van der Waals surface area contributed by atoms with Gasteiger partial charge in [0.15, 0.2) is 0 Å². The van der Waals surface area contributed by atoms with Gasteiger partial charge in [-0.15, -0.1) is 0 Å². The van der Waals surface area contributed by atoms with E-state index in [1.54, 1.807) is 6.92 Å². The van der Waals surface area contributed by atoms with Gasteiger partial charge in [0.25, 0.3) is 5.56 Å². The Morgan fingerprint density at radius 2 is 1.81 bits per heavy atom. The minimum Gasteiger partial charge on any atom is -0.326 e. The lowest BCUT2D eigenvalue weighted by molar-refractivity contribution is 1.03. The second kappa shape index (κ2) is 4.54. The van der Waals surface area contributed by atoms with Gasteiger partial charge in [0.05, 0.1) is 0 Å². The van der Waals surface area contributed by atoms with E-state index in [-0.39, 0.29) is 5.56 Å². The van der Waals surface area contributed by atoms with Gasteiger partial charge in [-0.1, -0.05) is 29.8 Å². The van der Waals surface area contributed by atoms with Crippen molar-refractivity contribution in [3.05, 3.63) is 68.6 Å². The summed E-state index contributed by atoms with van der Waals surface area (Å²) in [6.45, 7) is 1.80. The smallest absolute Gasteiger partial charge is 0.251 e. The summed E-state index contributed by atoms with van der Waals surface area (Å²) >= 11 is 5.80. The van der Waals surface area contributed by atoms with Gasteiger partial charge in [-0.2, -0.15) is 0 Å². The second-order valence-corrected chi connectivity index (χ2v) is 4.24. The monoisotopic (exact) mass is 233 g/mol. The number of aromatic amines is 1. The lowest BCUT2D eigenvalue weighted by Crippen LogP contribution is -2.11. The maximum atomic E-state index is 11.4. The molecule has 2 aromatic rings.